The number of halogens is 2. The van der Waals surface area contributed by atoms with Crippen LogP contribution in [0.15, 0.2) is 24.3 Å². The van der Waals surface area contributed by atoms with Crippen LogP contribution in [0.4, 0.5) is 4.39 Å². The summed E-state index contributed by atoms with van der Waals surface area (Å²) in [5, 5.41) is 5.79. The average Bonchev–Trinajstić information content (AvgIpc) is 2.58. The highest BCUT2D eigenvalue weighted by molar-refractivity contribution is 9.10. The highest BCUT2D eigenvalue weighted by Crippen LogP contribution is 2.65. The van der Waals surface area contributed by atoms with E-state index in [1.807, 2.05) is 0 Å². The molecule has 5 rings (SSSR count). The second kappa shape index (κ2) is 7.77. The SMILES string of the molecule is O=C(Cc1ccc(F)cc1)NCCNC(=O)CC12CC3CC(CC(Br)(C3)C1)C2. The van der Waals surface area contributed by atoms with Crippen molar-refractivity contribution in [3.05, 3.63) is 35.6 Å². The minimum Gasteiger partial charge on any atom is -0.354 e. The van der Waals surface area contributed by atoms with Gasteiger partial charge in [-0.05, 0) is 73.5 Å². The van der Waals surface area contributed by atoms with Crippen molar-refractivity contribution in [2.75, 3.05) is 13.1 Å². The first kappa shape index (κ1) is 19.9. The van der Waals surface area contributed by atoms with Crippen LogP contribution in [-0.4, -0.2) is 29.2 Å². The Bertz CT molecular complexity index is 737. The van der Waals surface area contributed by atoms with Gasteiger partial charge in [0, 0.05) is 23.8 Å². The van der Waals surface area contributed by atoms with Crippen LogP contribution >= 0.6 is 15.9 Å². The zero-order valence-corrected chi connectivity index (χ0v) is 17.7. The fourth-order valence-electron chi connectivity index (χ4n) is 6.20. The van der Waals surface area contributed by atoms with E-state index < -0.39 is 0 Å². The Morgan fingerprint density at radius 2 is 1.61 bits per heavy atom. The smallest absolute Gasteiger partial charge is 0.224 e. The first-order valence-corrected chi connectivity index (χ1v) is 11.1. The monoisotopic (exact) mass is 450 g/mol. The lowest BCUT2D eigenvalue weighted by Crippen LogP contribution is -2.54. The molecule has 2 amide bonds. The summed E-state index contributed by atoms with van der Waals surface area (Å²) < 4.78 is 13.2. The van der Waals surface area contributed by atoms with Gasteiger partial charge in [0.15, 0.2) is 0 Å². The van der Waals surface area contributed by atoms with Gasteiger partial charge in [-0.15, -0.1) is 0 Å². The minimum absolute atomic E-state index is 0.103. The molecule has 0 aromatic heterocycles. The van der Waals surface area contributed by atoms with Crippen molar-refractivity contribution in [2.24, 2.45) is 17.3 Å². The third kappa shape index (κ3) is 4.58. The molecule has 6 heteroatoms. The van der Waals surface area contributed by atoms with Gasteiger partial charge in [-0.2, -0.15) is 0 Å². The van der Waals surface area contributed by atoms with Gasteiger partial charge < -0.3 is 10.6 Å². The maximum Gasteiger partial charge on any atom is 0.224 e. The van der Waals surface area contributed by atoms with E-state index in [1.165, 1.54) is 44.2 Å². The highest BCUT2D eigenvalue weighted by Gasteiger charge is 2.57. The minimum atomic E-state index is -0.309. The maximum absolute atomic E-state index is 12.9. The zero-order valence-electron chi connectivity index (χ0n) is 16.1. The molecule has 4 bridgehead atoms. The molecule has 4 fully saturated rings. The summed E-state index contributed by atoms with van der Waals surface area (Å²) in [5.74, 6) is 1.23. The molecule has 4 nitrogen and oxygen atoms in total. The molecule has 1 aromatic rings. The van der Waals surface area contributed by atoms with Crippen LogP contribution in [0.5, 0.6) is 0 Å². The van der Waals surface area contributed by atoms with Crippen molar-refractivity contribution in [2.45, 2.75) is 55.7 Å². The fraction of sp³-hybridized carbons (Fsp3) is 0.636. The molecule has 4 aliphatic carbocycles. The number of alkyl halides is 1. The maximum atomic E-state index is 12.9. The molecule has 0 radical (unpaired) electrons. The largest absolute Gasteiger partial charge is 0.354 e. The summed E-state index contributed by atoms with van der Waals surface area (Å²) in [6.45, 7) is 0.850. The van der Waals surface area contributed by atoms with Crippen molar-refractivity contribution in [3.63, 3.8) is 0 Å². The number of benzene rings is 1. The molecule has 28 heavy (non-hydrogen) atoms. The Balaban J connectivity index is 1.18. The van der Waals surface area contributed by atoms with Gasteiger partial charge in [0.2, 0.25) is 11.8 Å². The van der Waals surface area contributed by atoms with E-state index in [9.17, 15) is 14.0 Å². The second-order valence-electron chi connectivity index (χ2n) is 9.29. The molecule has 0 spiro atoms. The van der Waals surface area contributed by atoms with E-state index in [1.54, 1.807) is 12.1 Å². The van der Waals surface area contributed by atoms with Crippen LogP contribution in [0.3, 0.4) is 0 Å². The first-order valence-electron chi connectivity index (χ1n) is 10.3. The average molecular weight is 451 g/mol. The topological polar surface area (TPSA) is 58.2 Å². The third-order valence-electron chi connectivity index (χ3n) is 6.69. The number of carbonyl (C=O) groups excluding carboxylic acids is 2. The van der Waals surface area contributed by atoms with Crippen molar-refractivity contribution < 1.29 is 14.0 Å². The Kier molecular flexibility index (Phi) is 5.51. The molecule has 4 aliphatic rings. The number of hydrogen-bond donors (Lipinski definition) is 2. The van der Waals surface area contributed by atoms with Crippen molar-refractivity contribution in [1.82, 2.24) is 10.6 Å². The second-order valence-corrected chi connectivity index (χ2v) is 11.0. The molecule has 0 aliphatic heterocycles. The lowest BCUT2D eigenvalue weighted by Gasteiger charge is -2.60. The van der Waals surface area contributed by atoms with Gasteiger partial charge in [-0.3, -0.25) is 9.59 Å². The Morgan fingerprint density at radius 3 is 2.21 bits per heavy atom. The molecule has 4 saturated carbocycles. The molecule has 0 heterocycles. The lowest BCUT2D eigenvalue weighted by molar-refractivity contribution is -0.128. The van der Waals surface area contributed by atoms with Crippen LogP contribution in [-0.2, 0) is 16.0 Å². The van der Waals surface area contributed by atoms with Crippen LogP contribution in [0, 0.1) is 23.1 Å². The predicted octanol–water partition coefficient (Wildman–Crippen LogP) is 3.72. The summed E-state index contributed by atoms with van der Waals surface area (Å²) in [7, 11) is 0. The van der Waals surface area contributed by atoms with Gasteiger partial charge in [0.1, 0.15) is 5.82 Å². The summed E-state index contributed by atoms with van der Waals surface area (Å²) in [6, 6.07) is 5.92. The van der Waals surface area contributed by atoms with Crippen molar-refractivity contribution in [1.29, 1.82) is 0 Å². The van der Waals surface area contributed by atoms with E-state index in [0.29, 0.717) is 19.5 Å². The van der Waals surface area contributed by atoms with E-state index in [0.717, 1.165) is 23.8 Å². The van der Waals surface area contributed by atoms with E-state index >= 15 is 0 Å². The first-order chi connectivity index (χ1) is 13.3. The third-order valence-corrected chi connectivity index (χ3v) is 7.62. The normalized spacial score (nSPS) is 32.9. The lowest BCUT2D eigenvalue weighted by atomic mass is 9.48. The van der Waals surface area contributed by atoms with Crippen LogP contribution in [0.25, 0.3) is 0 Å². The Labute approximate surface area is 174 Å². The summed E-state index contributed by atoms with van der Waals surface area (Å²) in [4.78, 5) is 24.5. The van der Waals surface area contributed by atoms with Crippen LogP contribution in [0.2, 0.25) is 0 Å². The number of carbonyl (C=O) groups is 2. The predicted molar refractivity (Wildman–Crippen MR) is 110 cm³/mol. The number of amides is 2. The van der Waals surface area contributed by atoms with Gasteiger partial charge in [-0.25, -0.2) is 4.39 Å². The number of nitrogens with one attached hydrogen (secondary N) is 2. The molecule has 0 saturated heterocycles. The van der Waals surface area contributed by atoms with Gasteiger partial charge in [-0.1, -0.05) is 28.1 Å². The summed E-state index contributed by atoms with van der Waals surface area (Å²) in [6.07, 6.45) is 8.22. The molecule has 152 valence electrons. The van der Waals surface area contributed by atoms with Crippen molar-refractivity contribution in [3.8, 4) is 0 Å². The molecule has 2 unspecified atom stereocenters. The number of hydrogen-bond acceptors (Lipinski definition) is 2. The quantitative estimate of drug-likeness (QED) is 0.491. The standard InChI is InChI=1S/C22H28BrFN2O2/c23-22-11-16-7-17(12-22)10-21(9-16,14-22)13-20(28)26-6-5-25-19(27)8-15-1-3-18(24)4-2-15/h1-4,16-17H,5-14H2,(H,25,27)(H,26,28). The van der Waals surface area contributed by atoms with Crippen LogP contribution in [0.1, 0.15) is 50.5 Å². The highest BCUT2D eigenvalue weighted by atomic mass is 79.9. The van der Waals surface area contributed by atoms with Gasteiger partial charge in [0.25, 0.3) is 0 Å². The van der Waals surface area contributed by atoms with Gasteiger partial charge in [0.05, 0.1) is 6.42 Å². The molecule has 2 atom stereocenters. The van der Waals surface area contributed by atoms with E-state index in [-0.39, 0.29) is 33.8 Å². The summed E-state index contributed by atoms with van der Waals surface area (Å²) >= 11 is 3.99. The Morgan fingerprint density at radius 1 is 1.00 bits per heavy atom. The fourth-order valence-corrected chi connectivity index (χ4v) is 7.71. The van der Waals surface area contributed by atoms with Gasteiger partial charge >= 0.3 is 0 Å². The molecular weight excluding hydrogens is 423 g/mol. The number of rotatable bonds is 7. The molecule has 2 N–H and O–H groups in total. The zero-order chi connectivity index (χ0) is 19.8. The molecule has 1 aromatic carbocycles. The van der Waals surface area contributed by atoms with Crippen molar-refractivity contribution >= 4 is 27.7 Å². The van der Waals surface area contributed by atoms with E-state index in [4.69, 9.17) is 0 Å². The Hall–Kier alpha value is -1.43. The van der Waals surface area contributed by atoms with Crippen LogP contribution < -0.4 is 10.6 Å². The summed E-state index contributed by atoms with van der Waals surface area (Å²) in [5.41, 5.74) is 0.942. The van der Waals surface area contributed by atoms with E-state index in [2.05, 4.69) is 26.6 Å². The molecular formula is C22H28BrFN2O2.